The van der Waals surface area contributed by atoms with Gasteiger partial charge in [0.15, 0.2) is 16.7 Å². The monoisotopic (exact) mass is 411 g/mol. The molecule has 1 aliphatic rings. The number of amides is 1. The number of hydrogen-bond donors (Lipinski definition) is 1. The molecule has 1 aliphatic heterocycles. The number of carbonyl (C=O) groups excluding carboxylic acids is 2. The van der Waals surface area contributed by atoms with Gasteiger partial charge in [-0.1, -0.05) is 18.3 Å². The van der Waals surface area contributed by atoms with E-state index in [9.17, 15) is 9.59 Å². The van der Waals surface area contributed by atoms with Crippen LogP contribution < -0.4 is 5.32 Å². The van der Waals surface area contributed by atoms with E-state index in [0.29, 0.717) is 53.1 Å². The van der Waals surface area contributed by atoms with E-state index in [0.717, 1.165) is 12.0 Å². The number of carbonyl (C=O) groups is 2. The van der Waals surface area contributed by atoms with E-state index < -0.39 is 0 Å². The Kier molecular flexibility index (Phi) is 5.82. The van der Waals surface area contributed by atoms with Crippen LogP contribution in [0.3, 0.4) is 0 Å². The number of rotatable bonds is 6. The average Bonchev–Trinajstić information content (AvgIpc) is 3.44. The van der Waals surface area contributed by atoms with Gasteiger partial charge in [0.2, 0.25) is 0 Å². The van der Waals surface area contributed by atoms with Crippen molar-refractivity contribution in [3.63, 3.8) is 0 Å². The van der Waals surface area contributed by atoms with Crippen LogP contribution in [0.4, 0.5) is 5.13 Å². The zero-order valence-electron chi connectivity index (χ0n) is 16.0. The van der Waals surface area contributed by atoms with Crippen LogP contribution in [-0.2, 0) is 11.2 Å². The zero-order chi connectivity index (χ0) is 20.2. The third kappa shape index (κ3) is 4.28. The first-order valence-corrected chi connectivity index (χ1v) is 10.4. The molecule has 0 unspecified atom stereocenters. The molecule has 1 N–H and O–H groups in total. The van der Waals surface area contributed by atoms with E-state index in [4.69, 9.17) is 9.15 Å². The number of nitrogens with one attached hydrogen (secondary N) is 1. The van der Waals surface area contributed by atoms with Crippen molar-refractivity contribution in [2.24, 2.45) is 5.92 Å². The molecule has 0 aromatic carbocycles. The number of Topliss-reactive ketones (excluding diaryl/α,β-unsaturated/α-hetero) is 1. The molecule has 150 valence electrons. The van der Waals surface area contributed by atoms with Crippen LogP contribution >= 0.6 is 11.3 Å². The first-order chi connectivity index (χ1) is 14.2. The Bertz CT molecular complexity index is 1010. The van der Waals surface area contributed by atoms with Crippen molar-refractivity contribution in [2.45, 2.75) is 26.2 Å². The normalized spacial score (nSPS) is 14.7. The van der Waals surface area contributed by atoms with Crippen molar-refractivity contribution in [3.05, 3.63) is 52.9 Å². The predicted octanol–water partition coefficient (Wildman–Crippen LogP) is 4.22. The molecular weight excluding hydrogens is 390 g/mol. The summed E-state index contributed by atoms with van der Waals surface area (Å²) in [5.74, 6) is 0.115. The second-order valence-corrected chi connectivity index (χ2v) is 7.81. The smallest absolute Gasteiger partial charge is 0.259 e. The third-order valence-electron chi connectivity index (χ3n) is 4.88. The molecule has 0 saturated carbocycles. The van der Waals surface area contributed by atoms with Crippen LogP contribution in [0.15, 0.2) is 41.3 Å². The second kappa shape index (κ2) is 8.67. The number of hydrogen-bond acceptors (Lipinski definition) is 7. The van der Waals surface area contributed by atoms with Gasteiger partial charge in [0, 0.05) is 31.5 Å². The summed E-state index contributed by atoms with van der Waals surface area (Å²) in [5.41, 5.74) is 1.90. The van der Waals surface area contributed by atoms with E-state index in [1.165, 1.54) is 23.8 Å². The minimum atomic E-state index is -0.308. The summed E-state index contributed by atoms with van der Waals surface area (Å²) in [6.07, 6.45) is 6.95. The lowest BCUT2D eigenvalue weighted by Gasteiger charge is -2.20. The van der Waals surface area contributed by atoms with Gasteiger partial charge in [-0.2, -0.15) is 0 Å². The van der Waals surface area contributed by atoms with Gasteiger partial charge in [0.05, 0.1) is 11.8 Å². The summed E-state index contributed by atoms with van der Waals surface area (Å²) in [4.78, 5) is 34.9. The fourth-order valence-corrected chi connectivity index (χ4v) is 4.22. The number of furan rings is 1. The van der Waals surface area contributed by atoms with Crippen LogP contribution in [0.5, 0.6) is 0 Å². The van der Waals surface area contributed by atoms with Crippen LogP contribution in [0.2, 0.25) is 0 Å². The fourth-order valence-electron chi connectivity index (χ4n) is 3.24. The Labute approximate surface area is 172 Å². The fraction of sp³-hybridized carbons (Fsp3) is 0.333. The number of pyridine rings is 1. The maximum atomic E-state index is 13.1. The van der Waals surface area contributed by atoms with Gasteiger partial charge < -0.3 is 9.15 Å². The molecule has 0 spiro atoms. The predicted molar refractivity (Wildman–Crippen MR) is 109 cm³/mol. The summed E-state index contributed by atoms with van der Waals surface area (Å²) < 4.78 is 10.8. The van der Waals surface area contributed by atoms with Crippen molar-refractivity contribution < 1.29 is 18.7 Å². The van der Waals surface area contributed by atoms with Crippen molar-refractivity contribution in [1.82, 2.24) is 9.97 Å². The number of ether oxygens (including phenoxy) is 1. The van der Waals surface area contributed by atoms with Crippen molar-refractivity contribution in [1.29, 1.82) is 0 Å². The summed E-state index contributed by atoms with van der Waals surface area (Å²) in [6, 6.07) is 5.31. The minimum absolute atomic E-state index is 0.0207. The lowest BCUT2D eigenvalue weighted by molar-refractivity contribution is 0.0547. The molecule has 0 aliphatic carbocycles. The van der Waals surface area contributed by atoms with Crippen LogP contribution in [0, 0.1) is 5.92 Å². The van der Waals surface area contributed by atoms with Crippen molar-refractivity contribution >= 4 is 28.2 Å². The summed E-state index contributed by atoms with van der Waals surface area (Å²) >= 11 is 1.18. The highest BCUT2D eigenvalue weighted by atomic mass is 32.1. The molecule has 1 fully saturated rings. The van der Waals surface area contributed by atoms with E-state index in [1.54, 1.807) is 24.4 Å². The standard InChI is InChI=1S/C21H21N3O4S/c1-2-13-10-15(12-22-11-13)20(26)24-21-23-17(16-4-3-7-28-16)19(29-21)18(25)14-5-8-27-9-6-14/h3-4,7,10-12,14H,2,5-6,8-9H2,1H3,(H,23,24,26). The maximum absolute atomic E-state index is 13.1. The summed E-state index contributed by atoms with van der Waals surface area (Å²) in [6.45, 7) is 3.16. The van der Waals surface area contributed by atoms with Gasteiger partial charge in [-0.3, -0.25) is 19.9 Å². The topological polar surface area (TPSA) is 94.3 Å². The molecule has 3 aromatic heterocycles. The van der Waals surface area contributed by atoms with Crippen LogP contribution in [0.1, 0.15) is 45.4 Å². The number of nitrogens with zero attached hydrogens (tertiary/aromatic N) is 2. The molecule has 7 nitrogen and oxygen atoms in total. The largest absolute Gasteiger partial charge is 0.463 e. The van der Waals surface area contributed by atoms with Gasteiger partial charge in [-0.05, 0) is 43.0 Å². The van der Waals surface area contributed by atoms with Crippen molar-refractivity contribution in [3.8, 4) is 11.5 Å². The molecule has 1 saturated heterocycles. The molecular formula is C21H21N3O4S. The van der Waals surface area contributed by atoms with Gasteiger partial charge >= 0.3 is 0 Å². The van der Waals surface area contributed by atoms with Gasteiger partial charge in [0.25, 0.3) is 5.91 Å². The van der Waals surface area contributed by atoms with Crippen LogP contribution in [0.25, 0.3) is 11.5 Å². The highest BCUT2D eigenvalue weighted by molar-refractivity contribution is 7.18. The van der Waals surface area contributed by atoms with E-state index in [1.807, 2.05) is 6.92 Å². The first-order valence-electron chi connectivity index (χ1n) is 9.57. The van der Waals surface area contributed by atoms with Gasteiger partial charge in [-0.25, -0.2) is 4.98 Å². The maximum Gasteiger partial charge on any atom is 0.259 e. The van der Waals surface area contributed by atoms with E-state index in [2.05, 4.69) is 15.3 Å². The number of anilines is 1. The highest BCUT2D eigenvalue weighted by Crippen LogP contribution is 2.35. The van der Waals surface area contributed by atoms with Gasteiger partial charge in [-0.15, -0.1) is 0 Å². The molecule has 3 aromatic rings. The number of thiazole rings is 1. The quantitative estimate of drug-likeness (QED) is 0.610. The third-order valence-corrected chi connectivity index (χ3v) is 5.87. The van der Waals surface area contributed by atoms with Crippen molar-refractivity contribution in [2.75, 3.05) is 18.5 Å². The molecule has 0 bridgehead atoms. The summed E-state index contributed by atoms with van der Waals surface area (Å²) in [5, 5.41) is 3.16. The lowest BCUT2D eigenvalue weighted by Crippen LogP contribution is -2.23. The SMILES string of the molecule is CCc1cncc(C(=O)Nc2nc(-c3ccco3)c(C(=O)C3CCOCC3)s2)c1. The molecule has 8 heteroatoms. The van der Waals surface area contributed by atoms with Gasteiger partial charge in [0.1, 0.15) is 10.6 Å². The molecule has 4 heterocycles. The first kappa shape index (κ1) is 19.5. The Hall–Kier alpha value is -2.84. The van der Waals surface area contributed by atoms with E-state index >= 15 is 0 Å². The average molecular weight is 411 g/mol. The Balaban J connectivity index is 1.62. The number of aryl methyl sites for hydroxylation is 1. The molecule has 1 amide bonds. The second-order valence-electron chi connectivity index (χ2n) is 6.81. The molecule has 0 radical (unpaired) electrons. The van der Waals surface area contributed by atoms with E-state index in [-0.39, 0.29) is 17.6 Å². The minimum Gasteiger partial charge on any atom is -0.463 e. The summed E-state index contributed by atoms with van der Waals surface area (Å²) in [7, 11) is 0. The number of ketones is 1. The highest BCUT2D eigenvalue weighted by Gasteiger charge is 2.29. The Morgan fingerprint density at radius 3 is 2.83 bits per heavy atom. The molecule has 4 rings (SSSR count). The lowest BCUT2D eigenvalue weighted by atomic mass is 9.94. The zero-order valence-corrected chi connectivity index (χ0v) is 16.8. The van der Waals surface area contributed by atoms with Crippen LogP contribution in [-0.4, -0.2) is 34.9 Å². The number of aromatic nitrogens is 2. The molecule has 29 heavy (non-hydrogen) atoms. The molecule has 0 atom stereocenters. The Morgan fingerprint density at radius 1 is 1.28 bits per heavy atom. The Morgan fingerprint density at radius 2 is 2.10 bits per heavy atom.